The third-order valence-electron chi connectivity index (χ3n) is 3.92. The molecule has 0 spiro atoms. The summed E-state index contributed by atoms with van der Waals surface area (Å²) in [5.41, 5.74) is 7.29. The minimum absolute atomic E-state index is 0.00572. The average molecular weight is 382 g/mol. The Bertz CT molecular complexity index is 838. The summed E-state index contributed by atoms with van der Waals surface area (Å²) in [6.07, 6.45) is -0.969. The van der Waals surface area contributed by atoms with Gasteiger partial charge in [-0.05, 0) is 57.0 Å². The van der Waals surface area contributed by atoms with Crippen molar-refractivity contribution in [2.75, 3.05) is 18.8 Å². The number of hydrogen-bond acceptors (Lipinski definition) is 6. The predicted molar refractivity (Wildman–Crippen MR) is 106 cm³/mol. The molecule has 1 aromatic heterocycles. The van der Waals surface area contributed by atoms with E-state index in [4.69, 9.17) is 15.7 Å². The number of aliphatic hydroxyl groups excluding tert-OH is 1. The van der Waals surface area contributed by atoms with Crippen molar-refractivity contribution in [1.29, 1.82) is 5.26 Å². The van der Waals surface area contributed by atoms with Gasteiger partial charge in [-0.3, -0.25) is 0 Å². The second-order valence-electron chi connectivity index (χ2n) is 7.49. The number of nitrogens with two attached hydrogens (primary N) is 1. The monoisotopic (exact) mass is 382 g/mol. The van der Waals surface area contributed by atoms with Crippen molar-refractivity contribution >= 4 is 11.8 Å². The Balaban J connectivity index is 2.13. The number of aromatic nitrogens is 1. The topological polar surface area (TPSA) is 112 Å². The van der Waals surface area contributed by atoms with Crippen LogP contribution in [0.4, 0.5) is 10.5 Å². The molecule has 3 N–H and O–H groups in total. The normalized spacial score (nSPS) is 12.1. The zero-order valence-electron chi connectivity index (χ0n) is 16.4. The van der Waals surface area contributed by atoms with Crippen LogP contribution in [-0.4, -0.2) is 39.8 Å². The summed E-state index contributed by atoms with van der Waals surface area (Å²) >= 11 is 0. The van der Waals surface area contributed by atoms with Crippen LogP contribution in [-0.2, 0) is 11.2 Å². The summed E-state index contributed by atoms with van der Waals surface area (Å²) in [5, 5.41) is 19.5. The molecule has 0 radical (unpaired) electrons. The smallest absolute Gasteiger partial charge is 0.410 e. The molecule has 1 amide bonds. The number of nitrogens with zero attached hydrogens (tertiary/aromatic N) is 3. The van der Waals surface area contributed by atoms with E-state index in [1.165, 1.54) is 4.90 Å². The van der Waals surface area contributed by atoms with Gasteiger partial charge in [0.15, 0.2) is 0 Å². The Morgan fingerprint density at radius 3 is 2.57 bits per heavy atom. The third kappa shape index (κ3) is 6.56. The van der Waals surface area contributed by atoms with Crippen molar-refractivity contribution in [3.8, 4) is 6.07 Å². The lowest BCUT2D eigenvalue weighted by Crippen LogP contribution is -2.40. The standard InChI is InChI=1S/C21H26N4O3/c1-21(2,3)28-20(27)25(12-11-15-7-9-16(23)10-8-15)14-19(26)18-6-4-5-17(13-22)24-18/h4-10,19,26H,11-12,14,23H2,1-3H3/t19-/m1/s1. The zero-order chi connectivity index (χ0) is 20.7. The van der Waals surface area contributed by atoms with E-state index in [0.29, 0.717) is 24.3 Å². The van der Waals surface area contributed by atoms with Crippen LogP contribution in [0, 0.1) is 11.3 Å². The van der Waals surface area contributed by atoms with Gasteiger partial charge in [0.25, 0.3) is 0 Å². The summed E-state index contributed by atoms with van der Waals surface area (Å²) in [6.45, 7) is 5.73. The van der Waals surface area contributed by atoms with Crippen LogP contribution in [0.2, 0.25) is 0 Å². The number of carbonyl (C=O) groups is 1. The molecule has 0 aliphatic rings. The molecule has 1 heterocycles. The van der Waals surface area contributed by atoms with Crippen molar-refractivity contribution in [2.24, 2.45) is 0 Å². The molecule has 1 aromatic carbocycles. The highest BCUT2D eigenvalue weighted by Crippen LogP contribution is 2.17. The van der Waals surface area contributed by atoms with Crippen LogP contribution >= 0.6 is 0 Å². The average Bonchev–Trinajstić information content (AvgIpc) is 2.64. The summed E-state index contributed by atoms with van der Waals surface area (Å²) in [5.74, 6) is 0. The lowest BCUT2D eigenvalue weighted by atomic mass is 10.1. The number of carbonyl (C=O) groups excluding carboxylic acids is 1. The van der Waals surface area contributed by atoms with Crippen molar-refractivity contribution in [2.45, 2.75) is 38.9 Å². The molecule has 0 aliphatic heterocycles. The molecule has 7 heteroatoms. The molecule has 2 aromatic rings. The van der Waals surface area contributed by atoms with Gasteiger partial charge in [0.2, 0.25) is 0 Å². The predicted octanol–water partition coefficient (Wildman–Crippen LogP) is 3.05. The Morgan fingerprint density at radius 1 is 1.29 bits per heavy atom. The van der Waals surface area contributed by atoms with Gasteiger partial charge in [-0.1, -0.05) is 18.2 Å². The zero-order valence-corrected chi connectivity index (χ0v) is 16.4. The molecule has 0 saturated carbocycles. The van der Waals surface area contributed by atoms with E-state index in [1.807, 2.05) is 18.2 Å². The van der Waals surface area contributed by atoms with Gasteiger partial charge in [-0.2, -0.15) is 5.26 Å². The maximum atomic E-state index is 12.6. The maximum absolute atomic E-state index is 12.6. The van der Waals surface area contributed by atoms with Crippen LogP contribution in [0.25, 0.3) is 0 Å². The fourth-order valence-corrected chi connectivity index (χ4v) is 2.53. The van der Waals surface area contributed by atoms with E-state index in [2.05, 4.69) is 4.98 Å². The molecule has 0 unspecified atom stereocenters. The Hall–Kier alpha value is -3.11. The maximum Gasteiger partial charge on any atom is 0.410 e. The summed E-state index contributed by atoms with van der Waals surface area (Å²) in [4.78, 5) is 18.2. The third-order valence-corrected chi connectivity index (χ3v) is 3.92. The van der Waals surface area contributed by atoms with Gasteiger partial charge in [0, 0.05) is 12.2 Å². The molecule has 0 bridgehead atoms. The molecule has 148 valence electrons. The molecule has 28 heavy (non-hydrogen) atoms. The van der Waals surface area contributed by atoms with Crippen LogP contribution in [0.5, 0.6) is 0 Å². The molecule has 7 nitrogen and oxygen atoms in total. The molecule has 2 rings (SSSR count). The van der Waals surface area contributed by atoms with Gasteiger partial charge in [0.05, 0.1) is 12.2 Å². The van der Waals surface area contributed by atoms with Crippen LogP contribution in [0.1, 0.15) is 43.8 Å². The fraction of sp³-hybridized carbons (Fsp3) is 0.381. The van der Waals surface area contributed by atoms with Crippen molar-refractivity contribution in [3.05, 3.63) is 59.4 Å². The Kier molecular flexibility index (Phi) is 6.96. The highest BCUT2D eigenvalue weighted by Gasteiger charge is 2.25. The largest absolute Gasteiger partial charge is 0.444 e. The van der Waals surface area contributed by atoms with Crippen LogP contribution < -0.4 is 5.73 Å². The van der Waals surface area contributed by atoms with E-state index in [9.17, 15) is 9.90 Å². The molecular weight excluding hydrogens is 356 g/mol. The number of aliphatic hydroxyl groups is 1. The summed E-state index contributed by atoms with van der Waals surface area (Å²) in [7, 11) is 0. The number of nitrogen functional groups attached to an aromatic ring is 1. The second-order valence-corrected chi connectivity index (χ2v) is 7.49. The van der Waals surface area contributed by atoms with E-state index < -0.39 is 17.8 Å². The minimum Gasteiger partial charge on any atom is -0.444 e. The molecule has 0 saturated heterocycles. The molecule has 0 fully saturated rings. The first-order chi connectivity index (χ1) is 13.2. The van der Waals surface area contributed by atoms with Gasteiger partial charge < -0.3 is 20.5 Å². The minimum atomic E-state index is -1.03. The second kappa shape index (κ2) is 9.20. The van der Waals surface area contributed by atoms with E-state index in [1.54, 1.807) is 51.1 Å². The van der Waals surface area contributed by atoms with Gasteiger partial charge in [-0.15, -0.1) is 0 Å². The van der Waals surface area contributed by atoms with Gasteiger partial charge >= 0.3 is 6.09 Å². The quantitative estimate of drug-likeness (QED) is 0.743. The lowest BCUT2D eigenvalue weighted by Gasteiger charge is -2.29. The van der Waals surface area contributed by atoms with Crippen LogP contribution in [0.3, 0.4) is 0 Å². The molecule has 0 aliphatic carbocycles. The Labute approximate surface area is 165 Å². The summed E-state index contributed by atoms with van der Waals surface area (Å²) < 4.78 is 5.47. The number of amides is 1. The van der Waals surface area contributed by atoms with E-state index >= 15 is 0 Å². The van der Waals surface area contributed by atoms with E-state index in [0.717, 1.165) is 5.56 Å². The number of nitriles is 1. The first kappa shape index (κ1) is 21.2. The van der Waals surface area contributed by atoms with Crippen molar-refractivity contribution < 1.29 is 14.6 Å². The first-order valence-electron chi connectivity index (χ1n) is 9.05. The van der Waals surface area contributed by atoms with Crippen molar-refractivity contribution in [1.82, 2.24) is 9.88 Å². The van der Waals surface area contributed by atoms with Gasteiger partial charge in [-0.25, -0.2) is 9.78 Å². The molecular formula is C21H26N4O3. The SMILES string of the molecule is CC(C)(C)OC(=O)N(CCc1ccc(N)cc1)C[C@@H](O)c1cccc(C#N)n1. The number of rotatable bonds is 6. The fourth-order valence-electron chi connectivity index (χ4n) is 2.53. The highest BCUT2D eigenvalue weighted by atomic mass is 16.6. The lowest BCUT2D eigenvalue weighted by molar-refractivity contribution is 0.0143. The van der Waals surface area contributed by atoms with E-state index in [-0.39, 0.29) is 12.2 Å². The number of benzene rings is 1. The number of anilines is 1. The number of hydrogen-bond donors (Lipinski definition) is 2. The molecule has 1 atom stereocenters. The highest BCUT2D eigenvalue weighted by molar-refractivity contribution is 5.68. The number of pyridine rings is 1. The van der Waals surface area contributed by atoms with Crippen LogP contribution in [0.15, 0.2) is 42.5 Å². The van der Waals surface area contributed by atoms with Crippen molar-refractivity contribution in [3.63, 3.8) is 0 Å². The first-order valence-corrected chi connectivity index (χ1v) is 9.05. The van der Waals surface area contributed by atoms with Gasteiger partial charge in [0.1, 0.15) is 23.5 Å². The summed E-state index contributed by atoms with van der Waals surface area (Å²) in [6, 6.07) is 14.2. The Morgan fingerprint density at radius 2 is 1.96 bits per heavy atom. The number of ether oxygens (including phenoxy) is 1.